The van der Waals surface area contributed by atoms with Gasteiger partial charge in [0.25, 0.3) is 0 Å². The maximum Gasteiger partial charge on any atom is 0.233 e. The predicted octanol–water partition coefficient (Wildman–Crippen LogP) is 2.39. The Bertz CT molecular complexity index is 464. The van der Waals surface area contributed by atoms with Crippen molar-refractivity contribution in [2.45, 2.75) is 39.0 Å². The van der Waals surface area contributed by atoms with E-state index in [0.29, 0.717) is 13.1 Å². The van der Waals surface area contributed by atoms with Gasteiger partial charge in [-0.1, -0.05) is 43.7 Å². The maximum absolute atomic E-state index is 11.8. The van der Waals surface area contributed by atoms with Crippen LogP contribution in [0.1, 0.15) is 37.8 Å². The molecule has 2 rings (SSSR count). The third-order valence-electron chi connectivity index (χ3n) is 3.94. The van der Waals surface area contributed by atoms with Gasteiger partial charge in [-0.2, -0.15) is 0 Å². The quantitative estimate of drug-likeness (QED) is 0.801. The van der Waals surface area contributed by atoms with Crippen LogP contribution in [0.4, 0.5) is 0 Å². The van der Waals surface area contributed by atoms with Gasteiger partial charge in [-0.3, -0.25) is 4.79 Å². The third kappa shape index (κ3) is 4.64. The molecule has 0 aliphatic heterocycles. The molecule has 0 radical (unpaired) electrons. The summed E-state index contributed by atoms with van der Waals surface area (Å²) < 4.78 is 0. The summed E-state index contributed by atoms with van der Waals surface area (Å²) in [5, 5.41) is 6.25. The van der Waals surface area contributed by atoms with E-state index in [1.165, 1.54) is 24.0 Å². The van der Waals surface area contributed by atoms with E-state index in [1.807, 2.05) is 0 Å². The van der Waals surface area contributed by atoms with E-state index in [9.17, 15) is 4.79 Å². The van der Waals surface area contributed by atoms with Gasteiger partial charge in [-0.15, -0.1) is 0 Å². The second-order valence-electron chi connectivity index (χ2n) is 6.60. The molecule has 0 aromatic heterocycles. The van der Waals surface area contributed by atoms with Crippen molar-refractivity contribution < 1.29 is 4.79 Å². The standard InChI is InChI=1S/C17H26N2O/c1-13-5-4-6-15(9-13)17(2,3)12-19-16(20)11-18-10-14-7-8-14/h4-6,9,14,18H,7-8,10-12H2,1-3H3,(H,19,20). The molecule has 0 saturated heterocycles. The van der Waals surface area contributed by atoms with E-state index < -0.39 is 0 Å². The first-order chi connectivity index (χ1) is 9.47. The first-order valence-electron chi connectivity index (χ1n) is 7.52. The van der Waals surface area contributed by atoms with Gasteiger partial charge < -0.3 is 10.6 Å². The normalized spacial score (nSPS) is 15.2. The fourth-order valence-electron chi connectivity index (χ4n) is 2.26. The van der Waals surface area contributed by atoms with Gasteiger partial charge in [0.2, 0.25) is 5.91 Å². The lowest BCUT2D eigenvalue weighted by Crippen LogP contribution is -2.41. The molecular formula is C17H26N2O. The molecule has 1 amide bonds. The van der Waals surface area contributed by atoms with Crippen LogP contribution in [0.2, 0.25) is 0 Å². The van der Waals surface area contributed by atoms with E-state index in [-0.39, 0.29) is 11.3 Å². The number of carbonyl (C=O) groups excluding carboxylic acids is 1. The highest BCUT2D eigenvalue weighted by molar-refractivity contribution is 5.78. The van der Waals surface area contributed by atoms with Crippen LogP contribution in [0.15, 0.2) is 24.3 Å². The lowest BCUT2D eigenvalue weighted by Gasteiger charge is -2.26. The zero-order valence-electron chi connectivity index (χ0n) is 12.8. The zero-order chi connectivity index (χ0) is 14.6. The van der Waals surface area contributed by atoms with Crippen molar-refractivity contribution in [3.8, 4) is 0 Å². The molecule has 1 aliphatic rings. The molecule has 0 bridgehead atoms. The van der Waals surface area contributed by atoms with Crippen LogP contribution in [0.5, 0.6) is 0 Å². The number of amides is 1. The molecule has 1 aromatic carbocycles. The molecule has 3 nitrogen and oxygen atoms in total. The summed E-state index contributed by atoms with van der Waals surface area (Å²) in [5.41, 5.74) is 2.48. The molecule has 0 spiro atoms. The molecule has 20 heavy (non-hydrogen) atoms. The average Bonchev–Trinajstić information content (AvgIpc) is 3.21. The topological polar surface area (TPSA) is 41.1 Å². The number of benzene rings is 1. The Morgan fingerprint density at radius 3 is 2.75 bits per heavy atom. The van der Waals surface area contributed by atoms with Crippen molar-refractivity contribution in [3.63, 3.8) is 0 Å². The third-order valence-corrected chi connectivity index (χ3v) is 3.94. The summed E-state index contributed by atoms with van der Waals surface area (Å²) in [5.74, 6) is 0.901. The van der Waals surface area contributed by atoms with Crippen molar-refractivity contribution in [3.05, 3.63) is 35.4 Å². The second kappa shape index (κ2) is 6.40. The fourth-order valence-corrected chi connectivity index (χ4v) is 2.26. The van der Waals surface area contributed by atoms with Gasteiger partial charge in [-0.05, 0) is 37.8 Å². The summed E-state index contributed by atoms with van der Waals surface area (Å²) in [6, 6.07) is 8.49. The number of hydrogen-bond donors (Lipinski definition) is 2. The molecule has 0 unspecified atom stereocenters. The molecule has 2 N–H and O–H groups in total. The van der Waals surface area contributed by atoms with Crippen LogP contribution in [-0.2, 0) is 10.2 Å². The summed E-state index contributed by atoms with van der Waals surface area (Å²) in [6.45, 7) is 8.51. The highest BCUT2D eigenvalue weighted by Gasteiger charge is 2.22. The molecule has 1 fully saturated rings. The smallest absolute Gasteiger partial charge is 0.233 e. The van der Waals surface area contributed by atoms with Crippen molar-refractivity contribution in [1.29, 1.82) is 0 Å². The predicted molar refractivity (Wildman–Crippen MR) is 82.8 cm³/mol. The van der Waals surface area contributed by atoms with Gasteiger partial charge in [-0.25, -0.2) is 0 Å². The molecule has 1 aliphatic carbocycles. The van der Waals surface area contributed by atoms with Crippen molar-refractivity contribution >= 4 is 5.91 Å². The van der Waals surface area contributed by atoms with Crippen LogP contribution < -0.4 is 10.6 Å². The van der Waals surface area contributed by atoms with Crippen molar-refractivity contribution in [1.82, 2.24) is 10.6 Å². The minimum atomic E-state index is -0.0435. The molecule has 0 heterocycles. The number of rotatable bonds is 7. The van der Waals surface area contributed by atoms with E-state index >= 15 is 0 Å². The Morgan fingerprint density at radius 1 is 1.35 bits per heavy atom. The minimum Gasteiger partial charge on any atom is -0.354 e. The first-order valence-corrected chi connectivity index (χ1v) is 7.52. The summed E-state index contributed by atoms with van der Waals surface area (Å²) in [6.07, 6.45) is 2.63. The lowest BCUT2D eigenvalue weighted by atomic mass is 9.84. The minimum absolute atomic E-state index is 0.0435. The zero-order valence-corrected chi connectivity index (χ0v) is 12.8. The lowest BCUT2D eigenvalue weighted by molar-refractivity contribution is -0.120. The Kier molecular flexibility index (Phi) is 4.81. The highest BCUT2D eigenvalue weighted by atomic mass is 16.1. The SMILES string of the molecule is Cc1cccc(C(C)(C)CNC(=O)CNCC2CC2)c1. The molecule has 1 saturated carbocycles. The highest BCUT2D eigenvalue weighted by Crippen LogP contribution is 2.27. The van der Waals surface area contributed by atoms with Gasteiger partial charge in [0.1, 0.15) is 0 Å². The summed E-state index contributed by atoms with van der Waals surface area (Å²) in [7, 11) is 0. The number of aryl methyl sites for hydroxylation is 1. The largest absolute Gasteiger partial charge is 0.354 e. The van der Waals surface area contributed by atoms with E-state index in [0.717, 1.165) is 12.5 Å². The molecule has 3 heteroatoms. The molecule has 110 valence electrons. The van der Waals surface area contributed by atoms with E-state index in [4.69, 9.17) is 0 Å². The van der Waals surface area contributed by atoms with Crippen LogP contribution >= 0.6 is 0 Å². The fraction of sp³-hybridized carbons (Fsp3) is 0.588. The number of hydrogen-bond acceptors (Lipinski definition) is 2. The van der Waals surface area contributed by atoms with Gasteiger partial charge in [0.15, 0.2) is 0 Å². The number of nitrogens with one attached hydrogen (secondary N) is 2. The molecule has 0 atom stereocenters. The monoisotopic (exact) mass is 274 g/mol. The van der Waals surface area contributed by atoms with Crippen LogP contribution in [0.3, 0.4) is 0 Å². The Hall–Kier alpha value is -1.35. The van der Waals surface area contributed by atoms with Crippen molar-refractivity contribution in [2.24, 2.45) is 5.92 Å². The van der Waals surface area contributed by atoms with Crippen LogP contribution in [0.25, 0.3) is 0 Å². The van der Waals surface area contributed by atoms with Gasteiger partial charge in [0, 0.05) is 12.0 Å². The summed E-state index contributed by atoms with van der Waals surface area (Å²) in [4.78, 5) is 11.8. The Balaban J connectivity index is 1.77. The van der Waals surface area contributed by atoms with Crippen LogP contribution in [0, 0.1) is 12.8 Å². The van der Waals surface area contributed by atoms with E-state index in [2.05, 4.69) is 55.7 Å². The van der Waals surface area contributed by atoms with Gasteiger partial charge >= 0.3 is 0 Å². The molecular weight excluding hydrogens is 248 g/mol. The summed E-state index contributed by atoms with van der Waals surface area (Å²) >= 11 is 0. The van der Waals surface area contributed by atoms with Crippen LogP contribution in [-0.4, -0.2) is 25.5 Å². The number of carbonyl (C=O) groups is 1. The average molecular weight is 274 g/mol. The van der Waals surface area contributed by atoms with Crippen molar-refractivity contribution in [2.75, 3.05) is 19.6 Å². The second-order valence-corrected chi connectivity index (χ2v) is 6.60. The Morgan fingerprint density at radius 2 is 2.10 bits per heavy atom. The Labute approximate surface area is 122 Å². The molecule has 1 aromatic rings. The van der Waals surface area contributed by atoms with Gasteiger partial charge in [0.05, 0.1) is 6.54 Å². The maximum atomic E-state index is 11.8. The van der Waals surface area contributed by atoms with E-state index in [1.54, 1.807) is 0 Å². The first kappa shape index (κ1) is 15.0.